The Balaban J connectivity index is 1.36. The van der Waals surface area contributed by atoms with Crippen molar-refractivity contribution in [2.75, 3.05) is 32.1 Å². The smallest absolute Gasteiger partial charge is 0.410 e. The fourth-order valence-corrected chi connectivity index (χ4v) is 5.39. The van der Waals surface area contributed by atoms with Crippen LogP contribution in [0.2, 0.25) is 0 Å². The van der Waals surface area contributed by atoms with E-state index in [0.29, 0.717) is 39.0 Å². The van der Waals surface area contributed by atoms with E-state index < -0.39 is 5.79 Å². The zero-order chi connectivity index (χ0) is 24.1. The Bertz CT molecular complexity index is 1050. The summed E-state index contributed by atoms with van der Waals surface area (Å²) >= 11 is 1.50. The van der Waals surface area contributed by atoms with Crippen molar-refractivity contribution in [3.05, 3.63) is 51.9 Å². The third-order valence-electron chi connectivity index (χ3n) is 5.81. The molecule has 1 N–H and O–H groups in total. The lowest BCUT2D eigenvalue weighted by Crippen LogP contribution is -2.37. The number of anilines is 1. The van der Waals surface area contributed by atoms with Gasteiger partial charge in [-0.3, -0.25) is 9.79 Å². The highest BCUT2D eigenvalue weighted by Crippen LogP contribution is 2.36. The van der Waals surface area contributed by atoms with Crippen molar-refractivity contribution in [3.8, 4) is 0 Å². The summed E-state index contributed by atoms with van der Waals surface area (Å²) in [4.78, 5) is 32.2. The van der Waals surface area contributed by atoms with E-state index in [-0.39, 0.29) is 24.7 Å². The molecular formula is C25H31N3O5S. The van der Waals surface area contributed by atoms with E-state index in [9.17, 15) is 9.59 Å². The second-order valence-corrected chi connectivity index (χ2v) is 9.97. The quantitative estimate of drug-likeness (QED) is 0.599. The maximum Gasteiger partial charge on any atom is 0.410 e. The summed E-state index contributed by atoms with van der Waals surface area (Å²) in [5, 5.41) is 3.84. The van der Waals surface area contributed by atoms with Gasteiger partial charge in [0.2, 0.25) is 5.91 Å². The second kappa shape index (κ2) is 10.7. The molecule has 9 heteroatoms. The minimum Gasteiger partial charge on any atom is -0.447 e. The standard InChI is InChI=1S/C25H31N3O5S/c1-25(2)32-16-18(33-25)15-31-24(30)28-12-11-19-20(13-26-3)23(34-21(19)14-28)27-22(29)10-9-17-7-5-4-6-8-17/h4-8,13,18H,9-12,14-16H2,1-3H3,(H,27,29). The number of ether oxygens (including phenoxy) is 3. The average molecular weight is 486 g/mol. The molecule has 0 bridgehead atoms. The number of carbonyl (C=O) groups is 2. The first-order valence-corrected chi connectivity index (χ1v) is 12.3. The number of rotatable bonds is 7. The van der Waals surface area contributed by atoms with Gasteiger partial charge in [0.15, 0.2) is 5.79 Å². The fraction of sp³-hybridized carbons (Fsp3) is 0.480. The van der Waals surface area contributed by atoms with Crippen molar-refractivity contribution in [1.82, 2.24) is 4.90 Å². The molecule has 0 saturated carbocycles. The molecule has 1 atom stereocenters. The molecule has 2 aliphatic heterocycles. The predicted molar refractivity (Wildman–Crippen MR) is 132 cm³/mol. The number of thiophene rings is 1. The molecule has 1 aromatic carbocycles. The van der Waals surface area contributed by atoms with Crippen molar-refractivity contribution in [2.24, 2.45) is 4.99 Å². The molecule has 182 valence electrons. The predicted octanol–water partition coefficient (Wildman–Crippen LogP) is 4.01. The lowest BCUT2D eigenvalue weighted by atomic mass is 10.0. The summed E-state index contributed by atoms with van der Waals surface area (Å²) in [6.45, 7) is 5.23. The molecule has 1 unspecified atom stereocenters. The molecule has 2 aromatic rings. The van der Waals surface area contributed by atoms with Crippen LogP contribution in [0.25, 0.3) is 0 Å². The molecule has 1 saturated heterocycles. The number of aryl methyl sites for hydroxylation is 1. The molecule has 0 aliphatic carbocycles. The van der Waals surface area contributed by atoms with Crippen molar-refractivity contribution >= 4 is 34.6 Å². The monoisotopic (exact) mass is 485 g/mol. The summed E-state index contributed by atoms with van der Waals surface area (Å²) in [5.74, 6) is -0.682. The number of nitrogens with zero attached hydrogens (tertiary/aromatic N) is 2. The van der Waals surface area contributed by atoms with Gasteiger partial charge in [0.25, 0.3) is 0 Å². The van der Waals surface area contributed by atoms with Crippen LogP contribution in [-0.2, 0) is 38.4 Å². The minimum atomic E-state index is -0.646. The third-order valence-corrected chi connectivity index (χ3v) is 6.96. The van der Waals surface area contributed by atoms with Gasteiger partial charge >= 0.3 is 6.09 Å². The maximum absolute atomic E-state index is 12.7. The molecule has 1 fully saturated rings. The lowest BCUT2D eigenvalue weighted by molar-refractivity contribution is -0.143. The first-order valence-electron chi connectivity index (χ1n) is 11.5. The highest BCUT2D eigenvalue weighted by Gasteiger charge is 2.34. The van der Waals surface area contributed by atoms with Gasteiger partial charge in [-0.2, -0.15) is 0 Å². The molecule has 1 aromatic heterocycles. The summed E-state index contributed by atoms with van der Waals surface area (Å²) in [6, 6.07) is 9.96. The highest BCUT2D eigenvalue weighted by molar-refractivity contribution is 7.16. The maximum atomic E-state index is 12.7. The summed E-state index contributed by atoms with van der Waals surface area (Å²) < 4.78 is 16.7. The van der Waals surface area contributed by atoms with Gasteiger partial charge in [-0.15, -0.1) is 11.3 Å². The average Bonchev–Trinajstić information content (AvgIpc) is 3.35. The molecule has 0 spiro atoms. The van der Waals surface area contributed by atoms with Gasteiger partial charge in [0.1, 0.15) is 17.7 Å². The van der Waals surface area contributed by atoms with Crippen LogP contribution in [0.5, 0.6) is 0 Å². The Morgan fingerprint density at radius 2 is 2.12 bits per heavy atom. The zero-order valence-electron chi connectivity index (χ0n) is 19.8. The van der Waals surface area contributed by atoms with Crippen LogP contribution in [-0.4, -0.2) is 61.8 Å². The van der Waals surface area contributed by atoms with E-state index in [1.54, 1.807) is 18.2 Å². The van der Waals surface area contributed by atoms with E-state index in [1.807, 2.05) is 44.2 Å². The van der Waals surface area contributed by atoms with E-state index in [0.717, 1.165) is 26.6 Å². The molecule has 8 nitrogen and oxygen atoms in total. The largest absolute Gasteiger partial charge is 0.447 e. The fourth-order valence-electron chi connectivity index (χ4n) is 4.13. The molecule has 3 heterocycles. The minimum absolute atomic E-state index is 0.0359. The highest BCUT2D eigenvalue weighted by atomic mass is 32.1. The molecule has 2 amide bonds. The Hall–Kier alpha value is -2.75. The van der Waals surface area contributed by atoms with E-state index in [4.69, 9.17) is 14.2 Å². The van der Waals surface area contributed by atoms with E-state index in [1.165, 1.54) is 11.3 Å². The van der Waals surface area contributed by atoms with Gasteiger partial charge in [-0.05, 0) is 37.8 Å². The SMILES string of the molecule is CN=Cc1c(NC(=O)CCc2ccccc2)sc2c1CCN(C(=O)OCC1COC(C)(C)O1)C2. The Morgan fingerprint density at radius 3 is 2.82 bits per heavy atom. The molecular weight excluding hydrogens is 454 g/mol. The first kappa shape index (κ1) is 24.4. The lowest BCUT2D eigenvalue weighted by Gasteiger charge is -2.27. The van der Waals surface area contributed by atoms with Crippen molar-refractivity contribution in [1.29, 1.82) is 0 Å². The number of fused-ring (bicyclic) bond motifs is 1. The van der Waals surface area contributed by atoms with Crippen LogP contribution >= 0.6 is 11.3 Å². The topological polar surface area (TPSA) is 89.5 Å². The number of hydrogen-bond acceptors (Lipinski definition) is 7. The van der Waals surface area contributed by atoms with Crippen LogP contribution in [0.3, 0.4) is 0 Å². The number of carbonyl (C=O) groups excluding carboxylic acids is 2. The molecule has 0 radical (unpaired) electrons. The van der Waals surface area contributed by atoms with Crippen LogP contribution in [0.4, 0.5) is 9.80 Å². The zero-order valence-corrected chi connectivity index (χ0v) is 20.7. The Labute approximate surface area is 203 Å². The van der Waals surface area contributed by atoms with Crippen LogP contribution < -0.4 is 5.32 Å². The normalized spacial score (nSPS) is 19.3. The van der Waals surface area contributed by atoms with Crippen molar-refractivity contribution in [3.63, 3.8) is 0 Å². The summed E-state index contributed by atoms with van der Waals surface area (Å²) in [6.07, 6.45) is 2.92. The molecule has 4 rings (SSSR count). The van der Waals surface area contributed by atoms with Gasteiger partial charge in [-0.25, -0.2) is 4.79 Å². The Morgan fingerprint density at radius 1 is 1.32 bits per heavy atom. The molecule has 2 aliphatic rings. The van der Waals surface area contributed by atoms with Gasteiger partial charge in [0.05, 0.1) is 13.2 Å². The van der Waals surface area contributed by atoms with Crippen LogP contribution in [0, 0.1) is 0 Å². The van der Waals surface area contributed by atoms with Crippen molar-refractivity contribution < 1.29 is 23.8 Å². The van der Waals surface area contributed by atoms with Gasteiger partial charge < -0.3 is 24.4 Å². The number of aliphatic imine (C=N–C) groups is 1. The van der Waals surface area contributed by atoms with E-state index in [2.05, 4.69) is 10.3 Å². The summed E-state index contributed by atoms with van der Waals surface area (Å²) in [7, 11) is 1.72. The number of nitrogens with one attached hydrogen (secondary N) is 1. The number of amides is 2. The van der Waals surface area contributed by atoms with Crippen LogP contribution in [0.1, 0.15) is 41.8 Å². The van der Waals surface area contributed by atoms with Crippen molar-refractivity contribution in [2.45, 2.75) is 51.5 Å². The molecule has 34 heavy (non-hydrogen) atoms. The number of benzene rings is 1. The summed E-state index contributed by atoms with van der Waals surface area (Å²) in [5.41, 5.74) is 3.19. The number of hydrogen-bond donors (Lipinski definition) is 1. The third kappa shape index (κ3) is 6.02. The van der Waals surface area contributed by atoms with E-state index >= 15 is 0 Å². The van der Waals surface area contributed by atoms with Gasteiger partial charge in [0, 0.05) is 36.7 Å². The first-order chi connectivity index (χ1) is 16.3. The van der Waals surface area contributed by atoms with Gasteiger partial charge in [-0.1, -0.05) is 30.3 Å². The Kier molecular flexibility index (Phi) is 7.65. The second-order valence-electron chi connectivity index (χ2n) is 8.87. The van der Waals surface area contributed by atoms with Crippen LogP contribution in [0.15, 0.2) is 35.3 Å².